The highest BCUT2D eigenvalue weighted by atomic mass is 32.2. The summed E-state index contributed by atoms with van der Waals surface area (Å²) in [5.41, 5.74) is 2.58. The number of hydrogen-bond acceptors (Lipinski definition) is 5. The third-order valence-corrected chi connectivity index (χ3v) is 3.47. The number of aromatic amines is 1. The van der Waals surface area contributed by atoms with E-state index >= 15 is 0 Å². The molecule has 1 amide bonds. The fraction of sp³-hybridized carbons (Fsp3) is 0.154. The van der Waals surface area contributed by atoms with Crippen LogP contribution in [0.3, 0.4) is 0 Å². The Hall–Kier alpha value is -2.28. The predicted octanol–water partition coefficient (Wildman–Crippen LogP) is 2.59. The number of nitrogens with one attached hydrogen (secondary N) is 2. The lowest BCUT2D eigenvalue weighted by molar-refractivity contribution is -0.113. The maximum absolute atomic E-state index is 11.7. The zero-order valence-electron chi connectivity index (χ0n) is 10.7. The molecule has 0 atom stereocenters. The summed E-state index contributed by atoms with van der Waals surface area (Å²) in [6.07, 6.45) is 0. The molecule has 0 aliphatic rings. The Kier molecular flexibility index (Phi) is 3.42. The van der Waals surface area contributed by atoms with Crippen LogP contribution >= 0.6 is 11.8 Å². The molecule has 0 saturated carbocycles. The van der Waals surface area contributed by atoms with Crippen LogP contribution in [-0.2, 0) is 4.79 Å². The highest BCUT2D eigenvalue weighted by molar-refractivity contribution is 7.99. The molecular formula is C13H12N4O2S. The van der Waals surface area contributed by atoms with Gasteiger partial charge in [-0.15, -0.1) is 0 Å². The lowest BCUT2D eigenvalue weighted by atomic mass is 10.3. The van der Waals surface area contributed by atoms with Gasteiger partial charge in [-0.25, -0.2) is 4.98 Å². The van der Waals surface area contributed by atoms with Crippen molar-refractivity contribution < 1.29 is 9.32 Å². The molecule has 2 aromatic heterocycles. The van der Waals surface area contributed by atoms with E-state index in [0.29, 0.717) is 5.88 Å². The summed E-state index contributed by atoms with van der Waals surface area (Å²) in [5, 5.41) is 7.06. The molecule has 2 N–H and O–H groups in total. The van der Waals surface area contributed by atoms with Crippen molar-refractivity contribution in [2.75, 3.05) is 11.1 Å². The number of rotatable bonds is 4. The zero-order chi connectivity index (χ0) is 13.9. The average molecular weight is 288 g/mol. The van der Waals surface area contributed by atoms with Gasteiger partial charge in [-0.2, -0.15) is 0 Å². The summed E-state index contributed by atoms with van der Waals surface area (Å²) in [5.74, 6) is 0.448. The van der Waals surface area contributed by atoms with Gasteiger partial charge in [-0.05, 0) is 19.1 Å². The Labute approximate surface area is 118 Å². The van der Waals surface area contributed by atoms with Gasteiger partial charge in [0.15, 0.2) is 5.16 Å². The summed E-state index contributed by atoms with van der Waals surface area (Å²) >= 11 is 1.34. The molecule has 7 heteroatoms. The summed E-state index contributed by atoms with van der Waals surface area (Å²) in [6.45, 7) is 1.79. The van der Waals surface area contributed by atoms with Crippen LogP contribution in [0.15, 0.2) is 40.0 Å². The lowest BCUT2D eigenvalue weighted by Crippen LogP contribution is -2.13. The molecule has 0 fully saturated rings. The molecule has 0 radical (unpaired) electrons. The second kappa shape index (κ2) is 5.38. The van der Waals surface area contributed by atoms with Crippen LogP contribution in [0, 0.1) is 6.92 Å². The second-order valence-corrected chi connectivity index (χ2v) is 5.19. The van der Waals surface area contributed by atoms with E-state index in [1.165, 1.54) is 11.8 Å². The Balaban J connectivity index is 1.59. The number of thioether (sulfide) groups is 1. The fourth-order valence-electron chi connectivity index (χ4n) is 1.73. The average Bonchev–Trinajstić information content (AvgIpc) is 3.02. The minimum atomic E-state index is -0.161. The summed E-state index contributed by atoms with van der Waals surface area (Å²) in [7, 11) is 0. The van der Waals surface area contributed by atoms with Gasteiger partial charge >= 0.3 is 0 Å². The number of para-hydroxylation sites is 2. The number of imidazole rings is 1. The highest BCUT2D eigenvalue weighted by Crippen LogP contribution is 2.19. The van der Waals surface area contributed by atoms with Crippen molar-refractivity contribution in [2.24, 2.45) is 0 Å². The second-order valence-electron chi connectivity index (χ2n) is 4.23. The Bertz CT molecular complexity index is 717. The van der Waals surface area contributed by atoms with E-state index < -0.39 is 0 Å². The van der Waals surface area contributed by atoms with Gasteiger partial charge in [0.2, 0.25) is 11.8 Å². The van der Waals surface area contributed by atoms with E-state index in [2.05, 4.69) is 20.4 Å². The maximum Gasteiger partial charge on any atom is 0.237 e. The van der Waals surface area contributed by atoms with Gasteiger partial charge in [0.25, 0.3) is 0 Å². The summed E-state index contributed by atoms with van der Waals surface area (Å²) < 4.78 is 4.92. The van der Waals surface area contributed by atoms with Crippen molar-refractivity contribution in [3.05, 3.63) is 36.0 Å². The highest BCUT2D eigenvalue weighted by Gasteiger charge is 2.09. The molecule has 0 bridgehead atoms. The number of carbonyl (C=O) groups excluding carboxylic acids is 1. The first kappa shape index (κ1) is 12.7. The number of aromatic nitrogens is 3. The minimum absolute atomic E-state index is 0.161. The molecule has 102 valence electrons. The molecule has 0 spiro atoms. The first-order valence-corrected chi connectivity index (χ1v) is 7.00. The smallest absolute Gasteiger partial charge is 0.237 e. The lowest BCUT2D eigenvalue weighted by Gasteiger charge is -1.98. The number of nitrogens with zero attached hydrogens (tertiary/aromatic N) is 2. The van der Waals surface area contributed by atoms with Crippen LogP contribution in [-0.4, -0.2) is 26.8 Å². The van der Waals surface area contributed by atoms with Crippen LogP contribution in [0.1, 0.15) is 5.69 Å². The van der Waals surface area contributed by atoms with Gasteiger partial charge < -0.3 is 9.51 Å². The molecule has 3 aromatic rings. The molecule has 1 aromatic carbocycles. The van der Waals surface area contributed by atoms with E-state index in [0.717, 1.165) is 21.9 Å². The van der Waals surface area contributed by atoms with Crippen molar-refractivity contribution in [1.82, 2.24) is 15.1 Å². The van der Waals surface area contributed by atoms with Crippen LogP contribution in [0.25, 0.3) is 11.0 Å². The van der Waals surface area contributed by atoms with Crippen LogP contribution in [0.5, 0.6) is 0 Å². The first-order chi connectivity index (χ1) is 9.70. The molecular weight excluding hydrogens is 276 g/mol. The van der Waals surface area contributed by atoms with Crippen LogP contribution < -0.4 is 5.32 Å². The zero-order valence-corrected chi connectivity index (χ0v) is 11.5. The third kappa shape index (κ3) is 2.83. The minimum Gasteiger partial charge on any atom is -0.338 e. The maximum atomic E-state index is 11.7. The number of anilines is 1. The van der Waals surface area contributed by atoms with Crippen molar-refractivity contribution in [2.45, 2.75) is 12.1 Å². The van der Waals surface area contributed by atoms with Crippen molar-refractivity contribution in [1.29, 1.82) is 0 Å². The van der Waals surface area contributed by atoms with Crippen molar-refractivity contribution >= 4 is 34.6 Å². The number of benzene rings is 1. The fourth-order valence-corrected chi connectivity index (χ4v) is 2.41. The third-order valence-electron chi connectivity index (χ3n) is 2.60. The van der Waals surface area contributed by atoms with Gasteiger partial charge in [-0.1, -0.05) is 29.1 Å². The van der Waals surface area contributed by atoms with E-state index in [1.54, 1.807) is 13.0 Å². The SMILES string of the molecule is Cc1cc(NC(=O)CSc2nc3ccccc3[nH]2)on1. The Morgan fingerprint density at radius 2 is 2.30 bits per heavy atom. The molecule has 0 aliphatic heterocycles. The molecule has 2 heterocycles. The Morgan fingerprint density at radius 3 is 3.05 bits per heavy atom. The first-order valence-electron chi connectivity index (χ1n) is 6.01. The largest absolute Gasteiger partial charge is 0.338 e. The predicted molar refractivity (Wildman–Crippen MR) is 76.7 cm³/mol. The van der Waals surface area contributed by atoms with Gasteiger partial charge in [0.1, 0.15) is 0 Å². The summed E-state index contributed by atoms with van der Waals surface area (Å²) in [4.78, 5) is 19.3. The van der Waals surface area contributed by atoms with Gasteiger partial charge in [0.05, 0.1) is 22.5 Å². The standard InChI is InChI=1S/C13H12N4O2S/c1-8-6-12(19-17-8)16-11(18)7-20-13-14-9-4-2-3-5-10(9)15-13/h2-6H,7H2,1H3,(H,14,15)(H,16,18). The number of carbonyl (C=O) groups is 1. The topological polar surface area (TPSA) is 83.8 Å². The molecule has 20 heavy (non-hydrogen) atoms. The number of hydrogen-bond donors (Lipinski definition) is 2. The number of amides is 1. The molecule has 3 rings (SSSR count). The monoisotopic (exact) mass is 288 g/mol. The van der Waals surface area contributed by atoms with Crippen molar-refractivity contribution in [3.8, 4) is 0 Å². The quantitative estimate of drug-likeness (QED) is 0.721. The molecule has 0 aliphatic carbocycles. The van der Waals surface area contributed by atoms with Gasteiger partial charge in [-0.3, -0.25) is 10.1 Å². The van der Waals surface area contributed by atoms with Crippen molar-refractivity contribution in [3.63, 3.8) is 0 Å². The normalized spacial score (nSPS) is 10.8. The summed E-state index contributed by atoms with van der Waals surface area (Å²) in [6, 6.07) is 9.41. The molecule has 6 nitrogen and oxygen atoms in total. The Morgan fingerprint density at radius 1 is 1.45 bits per heavy atom. The molecule has 0 unspecified atom stereocenters. The van der Waals surface area contributed by atoms with Gasteiger partial charge in [0, 0.05) is 6.07 Å². The van der Waals surface area contributed by atoms with Crippen LogP contribution in [0.2, 0.25) is 0 Å². The number of aryl methyl sites for hydroxylation is 1. The number of H-pyrrole nitrogens is 1. The van der Waals surface area contributed by atoms with E-state index in [9.17, 15) is 4.79 Å². The van der Waals surface area contributed by atoms with Crippen LogP contribution in [0.4, 0.5) is 5.88 Å². The van der Waals surface area contributed by atoms with E-state index in [4.69, 9.17) is 4.52 Å². The molecule has 0 saturated heterocycles. The van der Waals surface area contributed by atoms with E-state index in [-0.39, 0.29) is 11.7 Å². The van der Waals surface area contributed by atoms with E-state index in [1.807, 2.05) is 24.3 Å². The number of fused-ring (bicyclic) bond motifs is 1.